The number of aromatic amines is 1. The van der Waals surface area contributed by atoms with Gasteiger partial charge < -0.3 is 4.98 Å². The highest BCUT2D eigenvalue weighted by atomic mass is 14.9. The molecular formula is C20H22N2. The Hall–Kier alpha value is -2.35. The lowest BCUT2D eigenvalue weighted by Crippen LogP contribution is -2.10. The Labute approximate surface area is 132 Å². The topological polar surface area (TPSA) is 28.7 Å². The van der Waals surface area contributed by atoms with Crippen molar-refractivity contribution in [1.29, 1.82) is 0 Å². The summed E-state index contributed by atoms with van der Waals surface area (Å²) in [5, 5.41) is 0. The molecule has 3 rings (SSSR count). The fourth-order valence-corrected chi connectivity index (χ4v) is 2.61. The van der Waals surface area contributed by atoms with Gasteiger partial charge in [0, 0.05) is 16.8 Å². The minimum Gasteiger partial charge on any atom is -0.342 e. The molecule has 0 fully saturated rings. The molecule has 2 aromatic carbocycles. The summed E-state index contributed by atoms with van der Waals surface area (Å²) in [6.45, 7) is 8.79. The molecule has 0 aliphatic heterocycles. The SMILES string of the molecule is Cc1[nH]c(-c2ccccc2)nc1-c1cccc(C(C)(C)C)c1. The van der Waals surface area contributed by atoms with Gasteiger partial charge in [-0.1, -0.05) is 69.3 Å². The van der Waals surface area contributed by atoms with Crippen LogP contribution < -0.4 is 0 Å². The van der Waals surface area contributed by atoms with Crippen LogP contribution in [0.3, 0.4) is 0 Å². The highest BCUT2D eigenvalue weighted by Crippen LogP contribution is 2.29. The molecule has 1 heterocycles. The molecule has 0 unspecified atom stereocenters. The van der Waals surface area contributed by atoms with Crippen LogP contribution >= 0.6 is 0 Å². The van der Waals surface area contributed by atoms with E-state index >= 15 is 0 Å². The Morgan fingerprint density at radius 1 is 0.864 bits per heavy atom. The van der Waals surface area contributed by atoms with Crippen LogP contribution in [0.25, 0.3) is 22.6 Å². The van der Waals surface area contributed by atoms with E-state index in [1.165, 1.54) is 11.1 Å². The lowest BCUT2D eigenvalue weighted by Gasteiger charge is -2.19. The molecule has 0 aliphatic rings. The Balaban J connectivity index is 2.05. The minimum atomic E-state index is 0.141. The maximum absolute atomic E-state index is 4.82. The number of nitrogens with one attached hydrogen (secondary N) is 1. The lowest BCUT2D eigenvalue weighted by molar-refractivity contribution is 0.590. The van der Waals surface area contributed by atoms with E-state index < -0.39 is 0 Å². The number of hydrogen-bond acceptors (Lipinski definition) is 1. The lowest BCUT2D eigenvalue weighted by atomic mass is 9.86. The highest BCUT2D eigenvalue weighted by Gasteiger charge is 2.16. The van der Waals surface area contributed by atoms with Crippen molar-refractivity contribution in [3.05, 3.63) is 65.9 Å². The van der Waals surface area contributed by atoms with Gasteiger partial charge >= 0.3 is 0 Å². The van der Waals surface area contributed by atoms with E-state index in [2.05, 4.69) is 69.1 Å². The van der Waals surface area contributed by atoms with Crippen molar-refractivity contribution in [3.8, 4) is 22.6 Å². The van der Waals surface area contributed by atoms with Crippen molar-refractivity contribution < 1.29 is 0 Å². The van der Waals surface area contributed by atoms with Gasteiger partial charge in [0.2, 0.25) is 0 Å². The molecule has 0 spiro atoms. The van der Waals surface area contributed by atoms with Crippen molar-refractivity contribution in [2.24, 2.45) is 0 Å². The second-order valence-corrected chi connectivity index (χ2v) is 6.76. The van der Waals surface area contributed by atoms with Gasteiger partial charge in [-0.3, -0.25) is 0 Å². The average molecular weight is 290 g/mol. The number of nitrogens with zero attached hydrogens (tertiary/aromatic N) is 1. The molecule has 0 aliphatic carbocycles. The summed E-state index contributed by atoms with van der Waals surface area (Å²) >= 11 is 0. The molecule has 0 saturated carbocycles. The zero-order chi connectivity index (χ0) is 15.7. The summed E-state index contributed by atoms with van der Waals surface area (Å²) in [5.41, 5.74) is 5.89. The van der Waals surface area contributed by atoms with Crippen molar-refractivity contribution >= 4 is 0 Å². The van der Waals surface area contributed by atoms with Gasteiger partial charge in [0.1, 0.15) is 5.82 Å². The summed E-state index contributed by atoms with van der Waals surface area (Å²) in [5.74, 6) is 0.925. The summed E-state index contributed by atoms with van der Waals surface area (Å²) < 4.78 is 0. The number of aryl methyl sites for hydroxylation is 1. The molecule has 0 saturated heterocycles. The Morgan fingerprint density at radius 3 is 2.23 bits per heavy atom. The zero-order valence-corrected chi connectivity index (χ0v) is 13.6. The summed E-state index contributed by atoms with van der Waals surface area (Å²) in [6, 6.07) is 18.9. The van der Waals surface area contributed by atoms with Crippen LogP contribution in [0.5, 0.6) is 0 Å². The molecule has 0 atom stereocenters. The van der Waals surface area contributed by atoms with Gasteiger partial charge in [-0.25, -0.2) is 4.98 Å². The fraction of sp³-hybridized carbons (Fsp3) is 0.250. The number of H-pyrrole nitrogens is 1. The predicted molar refractivity (Wildman–Crippen MR) is 92.9 cm³/mol. The molecule has 22 heavy (non-hydrogen) atoms. The standard InChI is InChI=1S/C20H22N2/c1-14-18(16-11-8-12-17(13-16)20(2,3)4)22-19(21-14)15-9-6-5-7-10-15/h5-13H,1-4H3,(H,21,22). The minimum absolute atomic E-state index is 0.141. The molecule has 3 aromatic rings. The summed E-state index contributed by atoms with van der Waals surface area (Å²) in [7, 11) is 0. The van der Waals surface area contributed by atoms with Gasteiger partial charge in [-0.05, 0) is 24.0 Å². The Bertz CT molecular complexity index is 777. The van der Waals surface area contributed by atoms with Crippen molar-refractivity contribution in [2.45, 2.75) is 33.1 Å². The molecular weight excluding hydrogens is 268 g/mol. The van der Waals surface area contributed by atoms with E-state index in [1.54, 1.807) is 0 Å². The van der Waals surface area contributed by atoms with Gasteiger partial charge in [0.25, 0.3) is 0 Å². The molecule has 112 valence electrons. The van der Waals surface area contributed by atoms with Gasteiger partial charge in [-0.15, -0.1) is 0 Å². The first kappa shape index (κ1) is 14.6. The Kier molecular flexibility index (Phi) is 3.61. The van der Waals surface area contributed by atoms with Crippen molar-refractivity contribution in [2.75, 3.05) is 0 Å². The van der Waals surface area contributed by atoms with Crippen LogP contribution in [0.1, 0.15) is 32.0 Å². The number of hydrogen-bond donors (Lipinski definition) is 1. The van der Waals surface area contributed by atoms with Crippen LogP contribution in [-0.2, 0) is 5.41 Å². The molecule has 2 heteroatoms. The van der Waals surface area contributed by atoms with Gasteiger partial charge in [0.15, 0.2) is 0 Å². The third-order valence-electron chi connectivity index (χ3n) is 3.93. The van der Waals surface area contributed by atoms with E-state index in [4.69, 9.17) is 4.98 Å². The molecule has 1 aromatic heterocycles. The van der Waals surface area contributed by atoms with E-state index in [0.717, 1.165) is 22.8 Å². The van der Waals surface area contributed by atoms with Gasteiger partial charge in [0.05, 0.1) is 5.69 Å². The smallest absolute Gasteiger partial charge is 0.138 e. The van der Waals surface area contributed by atoms with E-state index in [1.807, 2.05) is 18.2 Å². The first-order valence-corrected chi connectivity index (χ1v) is 7.68. The van der Waals surface area contributed by atoms with E-state index in [0.29, 0.717) is 0 Å². The maximum atomic E-state index is 4.82. The summed E-state index contributed by atoms with van der Waals surface area (Å²) in [4.78, 5) is 8.22. The third-order valence-corrected chi connectivity index (χ3v) is 3.93. The number of benzene rings is 2. The van der Waals surface area contributed by atoms with Crippen LogP contribution in [0, 0.1) is 6.92 Å². The second-order valence-electron chi connectivity index (χ2n) is 6.76. The Morgan fingerprint density at radius 2 is 1.55 bits per heavy atom. The normalized spacial score (nSPS) is 11.6. The fourth-order valence-electron chi connectivity index (χ4n) is 2.61. The number of imidazole rings is 1. The summed E-state index contributed by atoms with van der Waals surface area (Å²) in [6.07, 6.45) is 0. The maximum Gasteiger partial charge on any atom is 0.138 e. The van der Waals surface area contributed by atoms with E-state index in [-0.39, 0.29) is 5.41 Å². The molecule has 0 bridgehead atoms. The predicted octanol–water partition coefficient (Wildman–Crippen LogP) is 5.35. The first-order chi connectivity index (χ1) is 10.4. The average Bonchev–Trinajstić information content (AvgIpc) is 2.89. The highest BCUT2D eigenvalue weighted by molar-refractivity contribution is 5.68. The van der Waals surface area contributed by atoms with Gasteiger partial charge in [-0.2, -0.15) is 0 Å². The van der Waals surface area contributed by atoms with Crippen LogP contribution in [0.2, 0.25) is 0 Å². The van der Waals surface area contributed by atoms with Crippen LogP contribution in [0.4, 0.5) is 0 Å². The number of rotatable bonds is 2. The molecule has 0 amide bonds. The third kappa shape index (κ3) is 2.82. The van der Waals surface area contributed by atoms with Crippen molar-refractivity contribution in [1.82, 2.24) is 9.97 Å². The van der Waals surface area contributed by atoms with Crippen molar-refractivity contribution in [3.63, 3.8) is 0 Å². The second kappa shape index (κ2) is 5.45. The van der Waals surface area contributed by atoms with Crippen LogP contribution in [0.15, 0.2) is 54.6 Å². The zero-order valence-electron chi connectivity index (χ0n) is 13.6. The van der Waals surface area contributed by atoms with Crippen LogP contribution in [-0.4, -0.2) is 9.97 Å². The quantitative estimate of drug-likeness (QED) is 0.677. The largest absolute Gasteiger partial charge is 0.342 e. The molecule has 1 N–H and O–H groups in total. The number of aromatic nitrogens is 2. The monoisotopic (exact) mass is 290 g/mol. The van der Waals surface area contributed by atoms with E-state index in [9.17, 15) is 0 Å². The first-order valence-electron chi connectivity index (χ1n) is 7.68. The molecule has 0 radical (unpaired) electrons. The molecule has 2 nitrogen and oxygen atoms in total.